The molecular formula is C17H17NO2. The first-order valence-corrected chi connectivity index (χ1v) is 6.67. The minimum Gasteiger partial charge on any atom is -0.483 e. The standard InChI is InChI=1S/C17H17NO2/c1-12-7-8-15-13(10-12)14(11-17(2,3)20-15)18-9-5-4-6-16(18)19/h4-11H,1-3H3. The monoisotopic (exact) mass is 267 g/mol. The van der Waals surface area contributed by atoms with Gasteiger partial charge in [-0.05, 0) is 45.0 Å². The molecule has 3 rings (SSSR count). The normalized spacial score (nSPS) is 16.1. The zero-order valence-corrected chi connectivity index (χ0v) is 11.9. The van der Waals surface area contributed by atoms with Gasteiger partial charge in [0, 0.05) is 17.8 Å². The highest BCUT2D eigenvalue weighted by Crippen LogP contribution is 2.36. The van der Waals surface area contributed by atoms with Gasteiger partial charge in [-0.2, -0.15) is 0 Å². The van der Waals surface area contributed by atoms with Gasteiger partial charge in [0.1, 0.15) is 11.4 Å². The summed E-state index contributed by atoms with van der Waals surface area (Å²) in [5, 5.41) is 0. The number of rotatable bonds is 1. The number of hydrogen-bond acceptors (Lipinski definition) is 2. The molecule has 0 fully saturated rings. The van der Waals surface area contributed by atoms with Crippen LogP contribution in [0.4, 0.5) is 0 Å². The number of ether oxygens (including phenoxy) is 1. The molecule has 1 aliphatic heterocycles. The van der Waals surface area contributed by atoms with Crippen LogP contribution in [-0.4, -0.2) is 10.2 Å². The topological polar surface area (TPSA) is 31.2 Å². The quantitative estimate of drug-likeness (QED) is 0.794. The summed E-state index contributed by atoms with van der Waals surface area (Å²) < 4.78 is 7.64. The van der Waals surface area contributed by atoms with Crippen LogP contribution in [0, 0.1) is 6.92 Å². The van der Waals surface area contributed by atoms with E-state index >= 15 is 0 Å². The van der Waals surface area contributed by atoms with Gasteiger partial charge in [0.05, 0.1) is 5.70 Å². The van der Waals surface area contributed by atoms with Gasteiger partial charge < -0.3 is 4.74 Å². The maximum Gasteiger partial charge on any atom is 0.255 e. The molecule has 0 amide bonds. The van der Waals surface area contributed by atoms with Crippen molar-refractivity contribution in [2.24, 2.45) is 0 Å². The molecule has 0 atom stereocenters. The van der Waals surface area contributed by atoms with Crippen molar-refractivity contribution in [1.82, 2.24) is 4.57 Å². The van der Waals surface area contributed by atoms with E-state index in [9.17, 15) is 4.79 Å². The van der Waals surface area contributed by atoms with Crippen LogP contribution in [-0.2, 0) is 0 Å². The molecule has 0 aliphatic carbocycles. The third-order valence-corrected chi connectivity index (χ3v) is 3.35. The number of aryl methyl sites for hydroxylation is 1. The Hall–Kier alpha value is -2.29. The van der Waals surface area contributed by atoms with Crippen molar-refractivity contribution in [2.45, 2.75) is 26.4 Å². The SMILES string of the molecule is Cc1ccc2c(c1)C(n1ccccc1=O)=CC(C)(C)O2. The van der Waals surface area contributed by atoms with E-state index < -0.39 is 5.60 Å². The smallest absolute Gasteiger partial charge is 0.255 e. The lowest BCUT2D eigenvalue weighted by Gasteiger charge is -2.31. The van der Waals surface area contributed by atoms with E-state index in [2.05, 4.69) is 6.07 Å². The molecule has 1 aliphatic rings. The molecule has 1 aromatic carbocycles. The molecule has 20 heavy (non-hydrogen) atoms. The number of pyridine rings is 1. The maximum absolute atomic E-state index is 12.1. The number of nitrogens with zero attached hydrogens (tertiary/aromatic N) is 1. The molecule has 0 N–H and O–H groups in total. The highest BCUT2D eigenvalue weighted by molar-refractivity contribution is 5.74. The van der Waals surface area contributed by atoms with Crippen molar-refractivity contribution in [3.63, 3.8) is 0 Å². The van der Waals surface area contributed by atoms with Crippen molar-refractivity contribution in [2.75, 3.05) is 0 Å². The third-order valence-electron chi connectivity index (χ3n) is 3.35. The zero-order valence-electron chi connectivity index (χ0n) is 11.9. The minimum atomic E-state index is -0.438. The third kappa shape index (κ3) is 2.16. The predicted octanol–water partition coefficient (Wildman–Crippen LogP) is 3.22. The van der Waals surface area contributed by atoms with Crippen molar-refractivity contribution >= 4 is 5.70 Å². The predicted molar refractivity (Wildman–Crippen MR) is 80.0 cm³/mol. The molecular weight excluding hydrogens is 250 g/mol. The Morgan fingerprint density at radius 2 is 1.95 bits per heavy atom. The molecule has 2 aromatic rings. The lowest BCUT2D eigenvalue weighted by atomic mass is 9.97. The highest BCUT2D eigenvalue weighted by Gasteiger charge is 2.27. The van der Waals surface area contributed by atoms with Crippen LogP contribution in [0.5, 0.6) is 5.75 Å². The Labute approximate surface area is 118 Å². The summed E-state index contributed by atoms with van der Waals surface area (Å²) in [5.41, 5.74) is 2.50. The van der Waals surface area contributed by atoms with Crippen LogP contribution in [0.3, 0.4) is 0 Å². The summed E-state index contributed by atoms with van der Waals surface area (Å²) in [7, 11) is 0. The average molecular weight is 267 g/mol. The fourth-order valence-electron chi connectivity index (χ4n) is 2.48. The fourth-order valence-corrected chi connectivity index (χ4v) is 2.48. The second-order valence-electron chi connectivity index (χ2n) is 5.64. The largest absolute Gasteiger partial charge is 0.483 e. The molecule has 0 saturated heterocycles. The summed E-state index contributed by atoms with van der Waals surface area (Å²) in [5.74, 6) is 0.814. The van der Waals surface area contributed by atoms with Crippen molar-refractivity contribution in [1.29, 1.82) is 0 Å². The van der Waals surface area contributed by atoms with Crippen LogP contribution in [0.15, 0.2) is 53.5 Å². The molecule has 2 heterocycles. The van der Waals surface area contributed by atoms with E-state index in [1.807, 2.05) is 45.0 Å². The Bertz CT molecular complexity index is 754. The van der Waals surface area contributed by atoms with Gasteiger partial charge in [-0.3, -0.25) is 9.36 Å². The van der Waals surface area contributed by atoms with Crippen LogP contribution >= 0.6 is 0 Å². The van der Waals surface area contributed by atoms with E-state index in [0.29, 0.717) is 0 Å². The van der Waals surface area contributed by atoms with Gasteiger partial charge in [-0.1, -0.05) is 17.7 Å². The lowest BCUT2D eigenvalue weighted by molar-refractivity contribution is 0.157. The van der Waals surface area contributed by atoms with Gasteiger partial charge in [0.2, 0.25) is 0 Å². The number of fused-ring (bicyclic) bond motifs is 1. The molecule has 0 saturated carbocycles. The zero-order chi connectivity index (χ0) is 14.3. The number of aromatic nitrogens is 1. The van der Waals surface area contributed by atoms with E-state index in [1.54, 1.807) is 22.9 Å². The van der Waals surface area contributed by atoms with Crippen molar-refractivity contribution in [3.8, 4) is 5.75 Å². The van der Waals surface area contributed by atoms with Crippen LogP contribution in [0.25, 0.3) is 5.70 Å². The lowest BCUT2D eigenvalue weighted by Crippen LogP contribution is -2.32. The summed E-state index contributed by atoms with van der Waals surface area (Å²) in [6.07, 6.45) is 3.79. The van der Waals surface area contributed by atoms with Gasteiger partial charge in [0.25, 0.3) is 5.56 Å². The van der Waals surface area contributed by atoms with Gasteiger partial charge in [-0.15, -0.1) is 0 Å². The Morgan fingerprint density at radius 3 is 2.70 bits per heavy atom. The second kappa shape index (κ2) is 4.37. The molecule has 3 nitrogen and oxygen atoms in total. The first-order valence-electron chi connectivity index (χ1n) is 6.67. The van der Waals surface area contributed by atoms with Crippen molar-refractivity contribution < 1.29 is 4.74 Å². The van der Waals surface area contributed by atoms with E-state index in [1.165, 1.54) is 0 Å². The van der Waals surface area contributed by atoms with E-state index in [-0.39, 0.29) is 5.56 Å². The Morgan fingerprint density at radius 1 is 1.15 bits per heavy atom. The molecule has 0 radical (unpaired) electrons. The van der Waals surface area contributed by atoms with E-state index in [0.717, 1.165) is 22.6 Å². The maximum atomic E-state index is 12.1. The summed E-state index contributed by atoms with van der Waals surface area (Å²) in [6, 6.07) is 11.2. The first kappa shape index (κ1) is 12.7. The fraction of sp³-hybridized carbons (Fsp3) is 0.235. The van der Waals surface area contributed by atoms with Crippen molar-refractivity contribution in [3.05, 3.63) is 70.2 Å². The summed E-state index contributed by atoms with van der Waals surface area (Å²) in [6.45, 7) is 6.01. The minimum absolute atomic E-state index is 0.0380. The summed E-state index contributed by atoms with van der Waals surface area (Å²) >= 11 is 0. The number of benzene rings is 1. The highest BCUT2D eigenvalue weighted by atomic mass is 16.5. The Kier molecular flexibility index (Phi) is 2.78. The van der Waals surface area contributed by atoms with E-state index in [4.69, 9.17) is 4.74 Å². The first-order chi connectivity index (χ1) is 9.46. The molecule has 0 unspecified atom stereocenters. The molecule has 3 heteroatoms. The summed E-state index contributed by atoms with van der Waals surface area (Å²) in [4.78, 5) is 12.1. The van der Waals surface area contributed by atoms with Gasteiger partial charge in [-0.25, -0.2) is 0 Å². The number of hydrogen-bond donors (Lipinski definition) is 0. The average Bonchev–Trinajstić information content (AvgIpc) is 2.38. The molecule has 0 spiro atoms. The molecule has 102 valence electrons. The van der Waals surface area contributed by atoms with Gasteiger partial charge >= 0.3 is 0 Å². The van der Waals surface area contributed by atoms with Crippen LogP contribution in [0.2, 0.25) is 0 Å². The molecule has 1 aromatic heterocycles. The second-order valence-corrected chi connectivity index (χ2v) is 5.64. The van der Waals surface area contributed by atoms with Crippen LogP contribution in [0.1, 0.15) is 25.0 Å². The van der Waals surface area contributed by atoms with Gasteiger partial charge in [0.15, 0.2) is 0 Å². The molecule has 0 bridgehead atoms. The Balaban J connectivity index is 2.28. The van der Waals surface area contributed by atoms with Crippen LogP contribution < -0.4 is 10.3 Å².